The van der Waals surface area contributed by atoms with Gasteiger partial charge < -0.3 is 5.11 Å². The normalized spacial score (nSPS) is 26.3. The molecular formula is C12H24N2O3S. The lowest BCUT2D eigenvalue weighted by molar-refractivity contribution is -0.122. The van der Waals surface area contributed by atoms with Gasteiger partial charge in [0.1, 0.15) is 11.0 Å². The summed E-state index contributed by atoms with van der Waals surface area (Å²) in [5.74, 6) is 1.56. The van der Waals surface area contributed by atoms with Gasteiger partial charge in [-0.25, -0.2) is 8.51 Å². The predicted octanol–water partition coefficient (Wildman–Crippen LogP) is 1.13. The van der Waals surface area contributed by atoms with Gasteiger partial charge in [0, 0.05) is 25.2 Å². The summed E-state index contributed by atoms with van der Waals surface area (Å²) >= 11 is 0. The van der Waals surface area contributed by atoms with Crippen LogP contribution in [0.15, 0.2) is 0 Å². The summed E-state index contributed by atoms with van der Waals surface area (Å²) in [6, 6.07) is 0. The molecule has 1 N–H and O–H groups in total. The van der Waals surface area contributed by atoms with Crippen LogP contribution in [0.3, 0.4) is 0 Å². The quantitative estimate of drug-likeness (QED) is 0.768. The van der Waals surface area contributed by atoms with Crippen molar-refractivity contribution in [2.24, 2.45) is 5.92 Å². The van der Waals surface area contributed by atoms with Crippen molar-refractivity contribution in [2.75, 3.05) is 25.5 Å². The molecule has 18 heavy (non-hydrogen) atoms. The summed E-state index contributed by atoms with van der Waals surface area (Å²) in [7, 11) is -0.776. The maximum atomic E-state index is 12.0. The van der Waals surface area contributed by atoms with Crippen molar-refractivity contribution in [3.63, 3.8) is 0 Å². The minimum atomic E-state index is -0.776. The third kappa shape index (κ3) is 5.04. The lowest BCUT2D eigenvalue weighted by atomic mass is 10.1. The van der Waals surface area contributed by atoms with Crippen molar-refractivity contribution < 1.29 is 14.1 Å². The van der Waals surface area contributed by atoms with E-state index in [2.05, 4.69) is 30.0 Å². The van der Waals surface area contributed by atoms with E-state index in [1.807, 2.05) is 0 Å². The zero-order valence-electron chi connectivity index (χ0n) is 11.5. The van der Waals surface area contributed by atoms with E-state index in [1.54, 1.807) is 0 Å². The highest BCUT2D eigenvalue weighted by Gasteiger charge is 2.33. The fraction of sp³-hybridized carbons (Fsp3) is 0.917. The fourth-order valence-corrected chi connectivity index (χ4v) is 3.51. The molecule has 5 nitrogen and oxygen atoms in total. The van der Waals surface area contributed by atoms with Crippen LogP contribution < -0.4 is 0 Å². The van der Waals surface area contributed by atoms with Crippen molar-refractivity contribution in [3.8, 4) is 0 Å². The highest BCUT2D eigenvalue weighted by Crippen LogP contribution is 2.31. The Bertz CT molecular complexity index is 300. The van der Waals surface area contributed by atoms with Gasteiger partial charge >= 0.3 is 0 Å². The zero-order chi connectivity index (χ0) is 13.8. The molecule has 2 aliphatic rings. The fourth-order valence-electron chi connectivity index (χ4n) is 1.91. The van der Waals surface area contributed by atoms with E-state index in [1.165, 1.54) is 12.8 Å². The topological polar surface area (TPSA) is 60.9 Å². The molecule has 1 aliphatic heterocycles. The van der Waals surface area contributed by atoms with Crippen LogP contribution in [-0.2, 0) is 15.8 Å². The van der Waals surface area contributed by atoms with Gasteiger partial charge in [-0.15, -0.1) is 0 Å². The molecule has 1 unspecified atom stereocenters. The second-order valence-electron chi connectivity index (χ2n) is 5.82. The van der Waals surface area contributed by atoms with E-state index in [-0.39, 0.29) is 12.0 Å². The zero-order valence-corrected chi connectivity index (χ0v) is 12.3. The molecule has 0 aromatic carbocycles. The van der Waals surface area contributed by atoms with Crippen LogP contribution in [0, 0.1) is 5.92 Å². The number of carboxylic acid groups (broad SMARTS) is 1. The van der Waals surface area contributed by atoms with Gasteiger partial charge in [0.2, 0.25) is 0 Å². The highest BCUT2D eigenvalue weighted by atomic mass is 32.2. The third-order valence-corrected chi connectivity index (χ3v) is 4.72. The summed E-state index contributed by atoms with van der Waals surface area (Å²) in [5, 5.41) is 6.89. The number of hydrogen-bond acceptors (Lipinski definition) is 3. The van der Waals surface area contributed by atoms with Crippen LogP contribution in [0.5, 0.6) is 0 Å². The lowest BCUT2D eigenvalue weighted by Gasteiger charge is -2.41. The first-order valence-corrected chi connectivity index (χ1v) is 7.62. The summed E-state index contributed by atoms with van der Waals surface area (Å²) in [6.45, 7) is 9.43. The Kier molecular flexibility index (Phi) is 5.75. The van der Waals surface area contributed by atoms with Gasteiger partial charge in [0.15, 0.2) is 0 Å². The van der Waals surface area contributed by atoms with Gasteiger partial charge in [0.25, 0.3) is 6.47 Å². The molecule has 0 radical (unpaired) electrons. The highest BCUT2D eigenvalue weighted by molar-refractivity contribution is 7.82. The largest absolute Gasteiger partial charge is 0.483 e. The van der Waals surface area contributed by atoms with Crippen LogP contribution in [0.1, 0.15) is 33.6 Å². The number of carbonyl (C=O) groups is 1. The Balaban J connectivity index is 0.000000492. The van der Waals surface area contributed by atoms with Crippen molar-refractivity contribution in [3.05, 3.63) is 0 Å². The molecule has 0 spiro atoms. The summed E-state index contributed by atoms with van der Waals surface area (Å²) in [5.41, 5.74) is 0.154. The minimum Gasteiger partial charge on any atom is -0.483 e. The average molecular weight is 276 g/mol. The first-order valence-electron chi connectivity index (χ1n) is 6.35. The summed E-state index contributed by atoms with van der Waals surface area (Å²) in [6.07, 6.45) is 2.69. The van der Waals surface area contributed by atoms with Gasteiger partial charge in [0.05, 0.1) is 5.88 Å². The van der Waals surface area contributed by atoms with Crippen LogP contribution >= 0.6 is 0 Å². The number of rotatable bonds is 2. The van der Waals surface area contributed by atoms with E-state index >= 15 is 0 Å². The SMILES string of the molecule is CC(C)(C)N1CCN(CC2CC2)S(=O)C1.O=CO. The molecule has 1 saturated heterocycles. The van der Waals surface area contributed by atoms with Crippen molar-refractivity contribution >= 4 is 17.5 Å². The summed E-state index contributed by atoms with van der Waals surface area (Å²) < 4.78 is 14.2. The van der Waals surface area contributed by atoms with Crippen molar-refractivity contribution in [2.45, 2.75) is 39.2 Å². The van der Waals surface area contributed by atoms with E-state index in [0.717, 1.165) is 31.4 Å². The Labute approximate surface area is 112 Å². The molecule has 0 aromatic rings. The second-order valence-corrected chi connectivity index (χ2v) is 7.24. The Morgan fingerprint density at radius 3 is 2.28 bits per heavy atom. The number of nitrogens with zero attached hydrogens (tertiary/aromatic N) is 2. The first kappa shape index (κ1) is 15.6. The molecule has 106 valence electrons. The van der Waals surface area contributed by atoms with E-state index in [9.17, 15) is 4.21 Å². The molecule has 0 bridgehead atoms. The van der Waals surface area contributed by atoms with E-state index < -0.39 is 11.0 Å². The molecular weight excluding hydrogens is 252 g/mol. The molecule has 0 aromatic heterocycles. The Morgan fingerprint density at radius 2 is 1.89 bits per heavy atom. The molecule has 1 aliphatic carbocycles. The van der Waals surface area contributed by atoms with Crippen LogP contribution in [0.25, 0.3) is 0 Å². The molecule has 2 rings (SSSR count). The van der Waals surface area contributed by atoms with E-state index in [0.29, 0.717) is 0 Å². The third-order valence-electron chi connectivity index (χ3n) is 3.28. The molecule has 6 heteroatoms. The maximum Gasteiger partial charge on any atom is 0.290 e. The summed E-state index contributed by atoms with van der Waals surface area (Å²) in [4.78, 5) is 10.7. The van der Waals surface area contributed by atoms with Crippen LogP contribution in [0.4, 0.5) is 0 Å². The predicted molar refractivity (Wildman–Crippen MR) is 72.5 cm³/mol. The Morgan fingerprint density at radius 1 is 1.33 bits per heavy atom. The maximum absolute atomic E-state index is 12.0. The monoisotopic (exact) mass is 276 g/mol. The van der Waals surface area contributed by atoms with Crippen LogP contribution in [0.2, 0.25) is 0 Å². The smallest absolute Gasteiger partial charge is 0.290 e. The Hall–Kier alpha value is -0.460. The number of hydrogen-bond donors (Lipinski definition) is 1. The first-order chi connectivity index (χ1) is 8.38. The second kappa shape index (κ2) is 6.63. The molecule has 1 saturated carbocycles. The van der Waals surface area contributed by atoms with Crippen molar-refractivity contribution in [1.82, 2.24) is 9.21 Å². The van der Waals surface area contributed by atoms with Gasteiger partial charge in [-0.1, -0.05) is 0 Å². The van der Waals surface area contributed by atoms with Gasteiger partial charge in [-0.05, 0) is 39.5 Å². The molecule has 0 amide bonds. The van der Waals surface area contributed by atoms with E-state index in [4.69, 9.17) is 9.90 Å². The lowest BCUT2D eigenvalue weighted by Crippen LogP contribution is -2.53. The van der Waals surface area contributed by atoms with Crippen molar-refractivity contribution in [1.29, 1.82) is 0 Å². The minimum absolute atomic E-state index is 0.154. The van der Waals surface area contributed by atoms with Gasteiger partial charge in [-0.2, -0.15) is 0 Å². The standard InChI is InChI=1S/C11H22N2OS.CH2O2/c1-11(2,3)12-6-7-13(15(14)9-12)8-10-4-5-10;2-1-3/h10H,4-9H2,1-3H3;1H,(H,2,3). The molecule has 1 atom stereocenters. The van der Waals surface area contributed by atoms with Gasteiger partial charge in [-0.3, -0.25) is 9.69 Å². The molecule has 1 heterocycles. The average Bonchev–Trinajstić information content (AvgIpc) is 3.04. The van der Waals surface area contributed by atoms with Crippen LogP contribution in [-0.4, -0.2) is 56.0 Å². The molecule has 2 fully saturated rings.